The van der Waals surface area contributed by atoms with Crippen molar-refractivity contribution in [2.45, 2.75) is 33.2 Å². The number of rotatable bonds is 3. The summed E-state index contributed by atoms with van der Waals surface area (Å²) < 4.78 is 0. The van der Waals surface area contributed by atoms with Crippen LogP contribution in [-0.4, -0.2) is 11.5 Å². The van der Waals surface area contributed by atoms with Gasteiger partial charge < -0.3 is 10.6 Å². The maximum Gasteiger partial charge on any atom is 0.212 e. The fourth-order valence-corrected chi connectivity index (χ4v) is 1.35. The van der Waals surface area contributed by atoms with Crippen molar-refractivity contribution < 1.29 is 0 Å². The van der Waals surface area contributed by atoms with Crippen molar-refractivity contribution in [3.05, 3.63) is 29.8 Å². The van der Waals surface area contributed by atoms with Crippen molar-refractivity contribution >= 4 is 11.6 Å². The van der Waals surface area contributed by atoms with E-state index in [0.717, 1.165) is 5.69 Å². The molecule has 0 heterocycles. The first-order valence-electron chi connectivity index (χ1n) is 6.41. The van der Waals surface area contributed by atoms with Crippen molar-refractivity contribution in [3.8, 4) is 12.3 Å². The van der Waals surface area contributed by atoms with Gasteiger partial charge in [-0.05, 0) is 44.0 Å². The fourth-order valence-electron chi connectivity index (χ4n) is 1.35. The fraction of sp³-hybridized carbons (Fsp3) is 0.400. The van der Waals surface area contributed by atoms with E-state index in [1.165, 1.54) is 0 Å². The summed E-state index contributed by atoms with van der Waals surface area (Å²) in [7, 11) is 0. The van der Waals surface area contributed by atoms with Crippen molar-refractivity contribution in [2.75, 3.05) is 5.32 Å². The molecule has 0 amide bonds. The van der Waals surface area contributed by atoms with Crippen LogP contribution in [-0.2, 0) is 0 Å². The van der Waals surface area contributed by atoms with Gasteiger partial charge in [-0.1, -0.05) is 13.8 Å². The van der Waals surface area contributed by atoms with E-state index in [1.54, 1.807) is 30.5 Å². The average Bonchev–Trinajstić information content (AvgIpc) is 2.39. The quantitative estimate of drug-likeness (QED) is 0.502. The number of hydrogen-bond acceptors (Lipinski definition) is 3. The van der Waals surface area contributed by atoms with Crippen molar-refractivity contribution in [1.29, 1.82) is 10.5 Å². The predicted octanol–water partition coefficient (Wildman–Crippen LogP) is 2.83. The molecule has 1 aromatic rings. The second-order valence-corrected chi connectivity index (χ2v) is 5.38. The zero-order valence-electron chi connectivity index (χ0n) is 12.2. The molecule has 1 rings (SSSR count). The van der Waals surface area contributed by atoms with Crippen LogP contribution >= 0.6 is 0 Å². The number of hydrogen-bond donors (Lipinski definition) is 2. The number of anilines is 1. The van der Waals surface area contributed by atoms with Gasteiger partial charge in [-0.3, -0.25) is 0 Å². The molecule has 104 valence electrons. The number of guanidine groups is 1. The SMILES string of the molecule is CC(C)C(C)(C)NC(=NC#N)Nc1ccc(C#N)cc1. The summed E-state index contributed by atoms with van der Waals surface area (Å²) in [5.41, 5.74) is 1.16. The van der Waals surface area contributed by atoms with Crippen LogP contribution in [0.3, 0.4) is 0 Å². The summed E-state index contributed by atoms with van der Waals surface area (Å²) in [5.74, 6) is 0.769. The number of nitrogens with one attached hydrogen (secondary N) is 2. The van der Waals surface area contributed by atoms with E-state index < -0.39 is 0 Å². The number of aliphatic imine (C=N–C) groups is 1. The van der Waals surface area contributed by atoms with E-state index in [1.807, 2.05) is 13.8 Å². The van der Waals surface area contributed by atoms with E-state index in [9.17, 15) is 0 Å². The van der Waals surface area contributed by atoms with E-state index in [4.69, 9.17) is 10.5 Å². The van der Waals surface area contributed by atoms with Gasteiger partial charge in [0, 0.05) is 11.2 Å². The topological polar surface area (TPSA) is 84.0 Å². The molecule has 1 aromatic carbocycles. The first-order chi connectivity index (χ1) is 9.39. The van der Waals surface area contributed by atoms with Gasteiger partial charge in [-0.15, -0.1) is 4.99 Å². The third-order valence-electron chi connectivity index (χ3n) is 3.32. The molecule has 0 aromatic heterocycles. The summed E-state index contributed by atoms with van der Waals surface area (Å²) >= 11 is 0. The van der Waals surface area contributed by atoms with Crippen LogP contribution < -0.4 is 10.6 Å². The molecule has 0 saturated heterocycles. The number of nitrogens with zero attached hydrogens (tertiary/aromatic N) is 3. The van der Waals surface area contributed by atoms with Gasteiger partial charge >= 0.3 is 0 Å². The van der Waals surface area contributed by atoms with Crippen LogP contribution in [0.2, 0.25) is 0 Å². The number of benzene rings is 1. The molecule has 0 radical (unpaired) electrons. The van der Waals surface area contributed by atoms with Gasteiger partial charge in [0.2, 0.25) is 12.2 Å². The van der Waals surface area contributed by atoms with Crippen LogP contribution in [0.4, 0.5) is 5.69 Å². The minimum Gasteiger partial charge on any atom is -0.350 e. The Labute approximate surface area is 119 Å². The average molecular weight is 269 g/mol. The third-order valence-corrected chi connectivity index (χ3v) is 3.32. The largest absolute Gasteiger partial charge is 0.350 e. The molecule has 0 aliphatic heterocycles. The van der Waals surface area contributed by atoms with E-state index in [-0.39, 0.29) is 5.54 Å². The molecule has 0 atom stereocenters. The second-order valence-electron chi connectivity index (χ2n) is 5.38. The first-order valence-corrected chi connectivity index (χ1v) is 6.41. The van der Waals surface area contributed by atoms with Crippen LogP contribution in [0.5, 0.6) is 0 Å². The van der Waals surface area contributed by atoms with Gasteiger partial charge in [0.05, 0.1) is 11.6 Å². The Bertz CT molecular complexity index is 555. The van der Waals surface area contributed by atoms with Gasteiger partial charge in [0.15, 0.2) is 0 Å². The second kappa shape index (κ2) is 6.58. The Morgan fingerprint density at radius 3 is 2.25 bits per heavy atom. The summed E-state index contributed by atoms with van der Waals surface area (Å²) in [6.07, 6.45) is 1.78. The van der Waals surface area contributed by atoms with Crippen LogP contribution in [0.15, 0.2) is 29.3 Å². The lowest BCUT2D eigenvalue weighted by atomic mass is 9.91. The highest BCUT2D eigenvalue weighted by Gasteiger charge is 2.23. The zero-order chi connectivity index (χ0) is 15.2. The predicted molar refractivity (Wildman–Crippen MR) is 79.9 cm³/mol. The van der Waals surface area contributed by atoms with Crippen LogP contribution in [0.1, 0.15) is 33.3 Å². The summed E-state index contributed by atoms with van der Waals surface area (Å²) in [5, 5.41) is 23.8. The highest BCUT2D eigenvalue weighted by Crippen LogP contribution is 2.16. The normalized spacial score (nSPS) is 11.7. The van der Waals surface area contributed by atoms with Gasteiger partial charge in [-0.25, -0.2) is 0 Å². The third kappa shape index (κ3) is 4.29. The zero-order valence-corrected chi connectivity index (χ0v) is 12.2. The van der Waals surface area contributed by atoms with E-state index in [0.29, 0.717) is 17.4 Å². The standard InChI is InChI=1S/C15H19N5/c1-11(2)15(3,4)20-14(18-10-17)19-13-7-5-12(9-16)6-8-13/h5-8,11H,1-4H3,(H2,18,19,20). The molecule has 0 saturated carbocycles. The van der Waals surface area contributed by atoms with Crippen molar-refractivity contribution in [3.63, 3.8) is 0 Å². The molecular formula is C15H19N5. The Morgan fingerprint density at radius 2 is 1.80 bits per heavy atom. The maximum atomic E-state index is 8.77. The molecule has 20 heavy (non-hydrogen) atoms. The number of nitriles is 2. The first kappa shape index (κ1) is 15.5. The molecule has 0 fully saturated rings. The monoisotopic (exact) mass is 269 g/mol. The molecule has 0 aliphatic rings. The van der Waals surface area contributed by atoms with E-state index >= 15 is 0 Å². The molecule has 0 bridgehead atoms. The van der Waals surface area contributed by atoms with Gasteiger partial charge in [0.1, 0.15) is 0 Å². The van der Waals surface area contributed by atoms with Crippen LogP contribution in [0, 0.1) is 28.7 Å². The molecule has 5 heteroatoms. The highest BCUT2D eigenvalue weighted by atomic mass is 15.2. The van der Waals surface area contributed by atoms with Gasteiger partial charge in [-0.2, -0.15) is 10.5 Å². The lowest BCUT2D eigenvalue weighted by Gasteiger charge is -2.32. The van der Waals surface area contributed by atoms with Crippen LogP contribution in [0.25, 0.3) is 0 Å². The Hall–Kier alpha value is -2.53. The molecular weight excluding hydrogens is 250 g/mol. The summed E-state index contributed by atoms with van der Waals surface area (Å²) in [6.45, 7) is 8.29. The molecule has 2 N–H and O–H groups in total. The smallest absolute Gasteiger partial charge is 0.212 e. The lowest BCUT2D eigenvalue weighted by Crippen LogP contribution is -2.49. The van der Waals surface area contributed by atoms with Gasteiger partial charge in [0.25, 0.3) is 0 Å². The molecule has 0 unspecified atom stereocenters. The summed E-state index contributed by atoms with van der Waals surface area (Å²) in [6, 6.07) is 9.02. The maximum absolute atomic E-state index is 8.77. The lowest BCUT2D eigenvalue weighted by molar-refractivity contribution is 0.334. The van der Waals surface area contributed by atoms with E-state index in [2.05, 4.69) is 35.5 Å². The Kier molecular flexibility index (Phi) is 5.11. The molecule has 0 aliphatic carbocycles. The Balaban J connectivity index is 2.86. The molecule has 5 nitrogen and oxygen atoms in total. The summed E-state index contributed by atoms with van der Waals surface area (Å²) in [4.78, 5) is 3.76. The minimum atomic E-state index is -0.199. The van der Waals surface area contributed by atoms with Crippen molar-refractivity contribution in [1.82, 2.24) is 5.32 Å². The van der Waals surface area contributed by atoms with Crippen molar-refractivity contribution in [2.24, 2.45) is 10.9 Å². The highest BCUT2D eigenvalue weighted by molar-refractivity contribution is 5.94. The minimum absolute atomic E-state index is 0.199. The molecule has 0 spiro atoms. The Morgan fingerprint density at radius 1 is 1.20 bits per heavy atom.